The van der Waals surface area contributed by atoms with Gasteiger partial charge in [0.1, 0.15) is 11.5 Å². The lowest BCUT2D eigenvalue weighted by molar-refractivity contribution is 0.575. The van der Waals surface area contributed by atoms with Gasteiger partial charge in [-0.25, -0.2) is 9.67 Å². The lowest BCUT2D eigenvalue weighted by Gasteiger charge is -2.07. The molecule has 0 radical (unpaired) electrons. The van der Waals surface area contributed by atoms with Crippen LogP contribution in [0.5, 0.6) is 0 Å². The Hall–Kier alpha value is -3.02. The molecular formula is C22H17Cl2N3O2. The summed E-state index contributed by atoms with van der Waals surface area (Å²) in [7, 11) is 1.83. The van der Waals surface area contributed by atoms with Crippen molar-refractivity contribution in [1.82, 2.24) is 9.36 Å². The van der Waals surface area contributed by atoms with Crippen LogP contribution in [0.15, 0.2) is 74.9 Å². The molecule has 0 saturated carbocycles. The van der Waals surface area contributed by atoms with E-state index in [2.05, 4.69) is 4.99 Å². The fourth-order valence-corrected chi connectivity index (χ4v) is 3.36. The maximum Gasteiger partial charge on any atom is 0.297 e. The van der Waals surface area contributed by atoms with Crippen molar-refractivity contribution in [2.24, 2.45) is 12.0 Å². The second kappa shape index (κ2) is 7.78. The molecule has 0 amide bonds. The smallest absolute Gasteiger partial charge is 0.297 e. The molecule has 0 atom stereocenters. The number of halogens is 2. The number of aliphatic imine (C=N–C) groups is 1. The fourth-order valence-electron chi connectivity index (χ4n) is 3.06. The Morgan fingerprint density at radius 1 is 1.00 bits per heavy atom. The van der Waals surface area contributed by atoms with Crippen LogP contribution in [0.4, 0.5) is 5.69 Å². The highest BCUT2D eigenvalue weighted by Gasteiger charge is 2.15. The Kier molecular flexibility index (Phi) is 5.18. The molecule has 7 heteroatoms. The molecule has 0 aliphatic heterocycles. The quantitative estimate of drug-likeness (QED) is 0.387. The van der Waals surface area contributed by atoms with Crippen LogP contribution in [0.2, 0.25) is 10.0 Å². The van der Waals surface area contributed by atoms with E-state index in [1.807, 2.05) is 56.4 Å². The van der Waals surface area contributed by atoms with Crippen molar-refractivity contribution >= 4 is 35.1 Å². The van der Waals surface area contributed by atoms with Crippen LogP contribution in [0.25, 0.3) is 17.0 Å². The summed E-state index contributed by atoms with van der Waals surface area (Å²) in [5.74, 6) is 1.16. The second-order valence-electron chi connectivity index (χ2n) is 6.50. The lowest BCUT2D eigenvalue weighted by atomic mass is 10.2. The SMILES string of the molecule is Cc1c(N=Cc2ccc(-c3ccc(Cl)c(Cl)c3)o2)c(=O)n(-c2ccccc2)n1C. The first-order chi connectivity index (χ1) is 14.0. The predicted molar refractivity (Wildman–Crippen MR) is 117 cm³/mol. The minimum atomic E-state index is -0.191. The van der Waals surface area contributed by atoms with Gasteiger partial charge in [0.05, 0.1) is 27.6 Å². The minimum absolute atomic E-state index is 0.191. The van der Waals surface area contributed by atoms with Crippen molar-refractivity contribution in [2.45, 2.75) is 6.92 Å². The molecule has 4 aromatic rings. The first-order valence-electron chi connectivity index (χ1n) is 8.89. The van der Waals surface area contributed by atoms with Crippen LogP contribution >= 0.6 is 23.2 Å². The maximum atomic E-state index is 12.9. The van der Waals surface area contributed by atoms with E-state index < -0.39 is 0 Å². The molecule has 0 aliphatic carbocycles. The highest BCUT2D eigenvalue weighted by Crippen LogP contribution is 2.29. The third-order valence-corrected chi connectivity index (χ3v) is 5.41. The maximum absolute atomic E-state index is 12.9. The van der Waals surface area contributed by atoms with E-state index >= 15 is 0 Å². The third-order valence-electron chi connectivity index (χ3n) is 4.68. The topological polar surface area (TPSA) is 52.4 Å². The molecule has 2 heterocycles. The van der Waals surface area contributed by atoms with E-state index in [1.54, 1.807) is 33.8 Å². The Labute approximate surface area is 177 Å². The second-order valence-corrected chi connectivity index (χ2v) is 7.31. The van der Waals surface area contributed by atoms with Gasteiger partial charge in [-0.15, -0.1) is 0 Å². The molecule has 0 unspecified atom stereocenters. The Balaban J connectivity index is 1.66. The lowest BCUT2D eigenvalue weighted by Crippen LogP contribution is -2.19. The molecule has 0 fully saturated rings. The number of para-hydroxylation sites is 1. The number of hydrogen-bond donors (Lipinski definition) is 0. The number of hydrogen-bond acceptors (Lipinski definition) is 3. The monoisotopic (exact) mass is 425 g/mol. The number of rotatable bonds is 4. The number of furan rings is 1. The van der Waals surface area contributed by atoms with Gasteiger partial charge in [-0.1, -0.05) is 41.4 Å². The van der Waals surface area contributed by atoms with Gasteiger partial charge in [-0.2, -0.15) is 0 Å². The van der Waals surface area contributed by atoms with Crippen molar-refractivity contribution in [2.75, 3.05) is 0 Å². The third kappa shape index (κ3) is 3.67. The zero-order valence-electron chi connectivity index (χ0n) is 15.8. The molecule has 5 nitrogen and oxygen atoms in total. The van der Waals surface area contributed by atoms with E-state index in [9.17, 15) is 4.79 Å². The summed E-state index contributed by atoms with van der Waals surface area (Å²) in [5, 5.41) is 0.940. The highest BCUT2D eigenvalue weighted by molar-refractivity contribution is 6.42. The molecule has 2 aromatic carbocycles. The molecule has 0 bridgehead atoms. The summed E-state index contributed by atoms with van der Waals surface area (Å²) >= 11 is 12.0. The average Bonchev–Trinajstić information content (AvgIpc) is 3.27. The summed E-state index contributed by atoms with van der Waals surface area (Å²) in [6.07, 6.45) is 1.54. The van der Waals surface area contributed by atoms with Crippen LogP contribution in [0, 0.1) is 6.92 Å². The van der Waals surface area contributed by atoms with Gasteiger partial charge in [0.2, 0.25) is 0 Å². The van der Waals surface area contributed by atoms with Crippen LogP contribution < -0.4 is 5.56 Å². The molecule has 4 rings (SSSR count). The van der Waals surface area contributed by atoms with Crippen molar-refractivity contribution in [3.05, 3.63) is 92.5 Å². The summed E-state index contributed by atoms with van der Waals surface area (Å²) in [6.45, 7) is 1.86. The summed E-state index contributed by atoms with van der Waals surface area (Å²) < 4.78 is 9.19. The zero-order valence-corrected chi connectivity index (χ0v) is 17.3. The molecule has 0 N–H and O–H groups in total. The van der Waals surface area contributed by atoms with Crippen molar-refractivity contribution < 1.29 is 4.42 Å². The van der Waals surface area contributed by atoms with Gasteiger partial charge in [0.25, 0.3) is 5.56 Å². The molecule has 2 aromatic heterocycles. The van der Waals surface area contributed by atoms with Gasteiger partial charge in [0, 0.05) is 12.6 Å². The van der Waals surface area contributed by atoms with E-state index in [0.29, 0.717) is 27.3 Å². The van der Waals surface area contributed by atoms with E-state index in [-0.39, 0.29) is 5.56 Å². The summed E-state index contributed by atoms with van der Waals surface area (Å²) in [4.78, 5) is 17.3. The largest absolute Gasteiger partial charge is 0.455 e. The summed E-state index contributed by atoms with van der Waals surface area (Å²) in [5.41, 5.74) is 2.52. The van der Waals surface area contributed by atoms with Crippen LogP contribution in [-0.2, 0) is 7.05 Å². The minimum Gasteiger partial charge on any atom is -0.455 e. The van der Waals surface area contributed by atoms with Gasteiger partial charge >= 0.3 is 0 Å². The average molecular weight is 426 g/mol. The van der Waals surface area contributed by atoms with E-state index in [4.69, 9.17) is 27.6 Å². The zero-order chi connectivity index (χ0) is 20.5. The van der Waals surface area contributed by atoms with Crippen molar-refractivity contribution in [3.8, 4) is 17.0 Å². The first kappa shape index (κ1) is 19.3. The molecule has 0 aliphatic rings. The Morgan fingerprint density at radius 3 is 2.48 bits per heavy atom. The van der Waals surface area contributed by atoms with E-state index in [0.717, 1.165) is 16.9 Å². The number of benzene rings is 2. The number of nitrogens with zero attached hydrogens (tertiary/aromatic N) is 3. The molecule has 146 valence electrons. The van der Waals surface area contributed by atoms with Gasteiger partial charge < -0.3 is 4.42 Å². The Bertz CT molecular complexity index is 1270. The summed E-state index contributed by atoms with van der Waals surface area (Å²) in [6, 6.07) is 18.3. The molecule has 0 saturated heterocycles. The van der Waals surface area contributed by atoms with E-state index in [1.165, 1.54) is 0 Å². The highest BCUT2D eigenvalue weighted by atomic mass is 35.5. The number of aromatic nitrogens is 2. The standard InChI is InChI=1S/C22H17Cl2N3O2/c1-14-21(22(28)27(26(14)2)16-6-4-3-5-7-16)25-13-17-9-11-20(29-17)15-8-10-18(23)19(24)12-15/h3-13H,1-2H3. The van der Waals surface area contributed by atoms with Crippen LogP contribution in [0.1, 0.15) is 11.5 Å². The molecule has 0 spiro atoms. The first-order valence-corrected chi connectivity index (χ1v) is 9.64. The Morgan fingerprint density at radius 2 is 1.76 bits per heavy atom. The van der Waals surface area contributed by atoms with Gasteiger partial charge in [0.15, 0.2) is 5.69 Å². The van der Waals surface area contributed by atoms with Gasteiger partial charge in [-0.05, 0) is 49.4 Å². The van der Waals surface area contributed by atoms with Crippen molar-refractivity contribution in [1.29, 1.82) is 0 Å². The van der Waals surface area contributed by atoms with Crippen LogP contribution in [-0.4, -0.2) is 15.6 Å². The van der Waals surface area contributed by atoms with Gasteiger partial charge in [-0.3, -0.25) is 9.48 Å². The predicted octanol–water partition coefficient (Wildman–Crippen LogP) is 5.80. The molecular weight excluding hydrogens is 409 g/mol. The van der Waals surface area contributed by atoms with Crippen LogP contribution in [0.3, 0.4) is 0 Å². The fraction of sp³-hybridized carbons (Fsp3) is 0.0909. The normalized spacial score (nSPS) is 11.4. The van der Waals surface area contributed by atoms with Crippen molar-refractivity contribution in [3.63, 3.8) is 0 Å². The molecule has 29 heavy (non-hydrogen) atoms.